The Morgan fingerprint density at radius 1 is 1.48 bits per heavy atom. The summed E-state index contributed by atoms with van der Waals surface area (Å²) >= 11 is 0. The van der Waals surface area contributed by atoms with E-state index in [9.17, 15) is 4.79 Å². The summed E-state index contributed by atoms with van der Waals surface area (Å²) in [6.07, 6.45) is 5.76. The van der Waals surface area contributed by atoms with Crippen LogP contribution in [0, 0.1) is 0 Å². The molecule has 0 spiro atoms. The Hall–Kier alpha value is -1.69. The fourth-order valence-electron chi connectivity index (χ4n) is 2.43. The van der Waals surface area contributed by atoms with Crippen LogP contribution in [-0.2, 0) is 4.74 Å². The Morgan fingerprint density at radius 2 is 2.29 bits per heavy atom. The second-order valence-electron chi connectivity index (χ2n) is 5.99. The van der Waals surface area contributed by atoms with E-state index >= 15 is 0 Å². The van der Waals surface area contributed by atoms with Crippen LogP contribution < -0.4 is 10.6 Å². The molecule has 1 saturated heterocycles. The van der Waals surface area contributed by atoms with Gasteiger partial charge in [0.25, 0.3) is 5.91 Å². The molecular weight excluding hydrogens is 268 g/mol. The predicted molar refractivity (Wildman–Crippen MR) is 81.3 cm³/mol. The van der Waals surface area contributed by atoms with Crippen molar-refractivity contribution in [3.05, 3.63) is 18.1 Å². The van der Waals surface area contributed by atoms with Gasteiger partial charge in [-0.15, -0.1) is 0 Å². The molecule has 6 nitrogen and oxygen atoms in total. The largest absolute Gasteiger partial charge is 0.375 e. The van der Waals surface area contributed by atoms with Gasteiger partial charge in [0.05, 0.1) is 18.0 Å². The number of hydrogen-bond acceptors (Lipinski definition) is 5. The molecule has 0 radical (unpaired) electrons. The molecule has 2 N–H and O–H groups in total. The first kappa shape index (κ1) is 15.7. The maximum atomic E-state index is 12.3. The van der Waals surface area contributed by atoms with Gasteiger partial charge in [0, 0.05) is 19.2 Å². The van der Waals surface area contributed by atoms with Crippen molar-refractivity contribution < 1.29 is 9.53 Å². The van der Waals surface area contributed by atoms with E-state index in [1.54, 1.807) is 6.20 Å². The molecule has 0 bridgehead atoms. The van der Waals surface area contributed by atoms with E-state index in [2.05, 4.69) is 27.5 Å². The van der Waals surface area contributed by atoms with Crippen molar-refractivity contribution in [1.29, 1.82) is 0 Å². The van der Waals surface area contributed by atoms with Gasteiger partial charge in [-0.3, -0.25) is 9.78 Å². The molecule has 1 unspecified atom stereocenters. The first-order chi connectivity index (χ1) is 10.00. The number of ether oxygens (including phenoxy) is 1. The third kappa shape index (κ3) is 4.67. The minimum Gasteiger partial charge on any atom is -0.375 e. The number of nitrogens with zero attached hydrogens (tertiary/aromatic N) is 2. The summed E-state index contributed by atoms with van der Waals surface area (Å²) in [6, 6.07) is 0.121. The maximum absolute atomic E-state index is 12.3. The van der Waals surface area contributed by atoms with Crippen LogP contribution in [0.2, 0.25) is 0 Å². The Bertz CT molecular complexity index is 490. The topological polar surface area (TPSA) is 76.1 Å². The average molecular weight is 292 g/mol. The first-order valence-electron chi connectivity index (χ1n) is 7.51. The molecule has 1 aliphatic heterocycles. The van der Waals surface area contributed by atoms with Crippen LogP contribution in [0.4, 0.5) is 5.82 Å². The van der Waals surface area contributed by atoms with Gasteiger partial charge in [-0.25, -0.2) is 4.98 Å². The lowest BCUT2D eigenvalue weighted by Crippen LogP contribution is -2.46. The molecule has 1 fully saturated rings. The number of carbonyl (C=O) groups is 1. The van der Waals surface area contributed by atoms with Crippen LogP contribution in [-0.4, -0.2) is 40.7 Å². The van der Waals surface area contributed by atoms with Crippen molar-refractivity contribution in [3.8, 4) is 0 Å². The fraction of sp³-hybridized carbons (Fsp3) is 0.667. The van der Waals surface area contributed by atoms with Gasteiger partial charge < -0.3 is 15.4 Å². The highest BCUT2D eigenvalue weighted by Crippen LogP contribution is 2.24. The minimum atomic E-state index is -0.188. The highest BCUT2D eigenvalue weighted by molar-refractivity contribution is 5.92. The summed E-state index contributed by atoms with van der Waals surface area (Å²) in [5.74, 6) is 0.460. The third-order valence-electron chi connectivity index (χ3n) is 3.46. The van der Waals surface area contributed by atoms with Gasteiger partial charge in [-0.05, 0) is 33.1 Å². The van der Waals surface area contributed by atoms with E-state index in [1.165, 1.54) is 6.20 Å². The average Bonchev–Trinajstić information content (AvgIpc) is 2.44. The molecule has 0 aliphatic carbocycles. The van der Waals surface area contributed by atoms with Crippen molar-refractivity contribution in [1.82, 2.24) is 15.3 Å². The second kappa shape index (κ2) is 6.85. The quantitative estimate of drug-likeness (QED) is 0.868. The zero-order valence-electron chi connectivity index (χ0n) is 13.0. The molecular formula is C15H24N4O2. The SMILES string of the molecule is CCCNc1cncc(C(=O)NC2CCOC(C)(C)C2)n1. The van der Waals surface area contributed by atoms with E-state index < -0.39 is 0 Å². The number of anilines is 1. The second-order valence-corrected chi connectivity index (χ2v) is 5.99. The Balaban J connectivity index is 1.96. The van der Waals surface area contributed by atoms with Crippen molar-refractivity contribution in [3.63, 3.8) is 0 Å². The molecule has 1 atom stereocenters. The van der Waals surface area contributed by atoms with E-state index in [4.69, 9.17) is 4.74 Å². The van der Waals surface area contributed by atoms with Crippen LogP contribution in [0.15, 0.2) is 12.4 Å². The van der Waals surface area contributed by atoms with Crippen molar-refractivity contribution in [2.45, 2.75) is 51.7 Å². The summed E-state index contributed by atoms with van der Waals surface area (Å²) in [5, 5.41) is 6.16. The summed E-state index contributed by atoms with van der Waals surface area (Å²) in [5.41, 5.74) is 0.160. The van der Waals surface area contributed by atoms with Gasteiger partial charge in [0.2, 0.25) is 0 Å². The lowest BCUT2D eigenvalue weighted by Gasteiger charge is -2.35. The summed E-state index contributed by atoms with van der Waals surface area (Å²) in [6.45, 7) is 7.64. The van der Waals surface area contributed by atoms with Crippen molar-refractivity contribution in [2.24, 2.45) is 0 Å². The number of hydrogen-bond donors (Lipinski definition) is 2. The molecule has 0 aromatic carbocycles. The predicted octanol–water partition coefficient (Wildman–Crippen LogP) is 1.99. The summed E-state index contributed by atoms with van der Waals surface area (Å²) in [4.78, 5) is 20.6. The number of nitrogens with one attached hydrogen (secondary N) is 2. The first-order valence-corrected chi connectivity index (χ1v) is 7.51. The summed E-state index contributed by atoms with van der Waals surface area (Å²) < 4.78 is 5.66. The van der Waals surface area contributed by atoms with E-state index in [-0.39, 0.29) is 17.6 Å². The number of amides is 1. The normalized spacial score (nSPS) is 20.8. The molecule has 2 rings (SSSR count). The number of aromatic nitrogens is 2. The smallest absolute Gasteiger partial charge is 0.271 e. The van der Waals surface area contributed by atoms with Crippen LogP contribution in [0.3, 0.4) is 0 Å². The molecule has 1 aromatic heterocycles. The van der Waals surface area contributed by atoms with E-state index in [0.29, 0.717) is 18.1 Å². The lowest BCUT2D eigenvalue weighted by molar-refractivity contribution is -0.0615. The number of rotatable bonds is 5. The molecule has 0 saturated carbocycles. The molecule has 2 heterocycles. The van der Waals surface area contributed by atoms with E-state index in [0.717, 1.165) is 25.8 Å². The monoisotopic (exact) mass is 292 g/mol. The van der Waals surface area contributed by atoms with Gasteiger partial charge in [0.1, 0.15) is 11.5 Å². The zero-order chi connectivity index (χ0) is 15.3. The Morgan fingerprint density at radius 3 is 3.00 bits per heavy atom. The van der Waals surface area contributed by atoms with Crippen LogP contribution in [0.25, 0.3) is 0 Å². The third-order valence-corrected chi connectivity index (χ3v) is 3.46. The van der Waals surface area contributed by atoms with Crippen LogP contribution in [0.5, 0.6) is 0 Å². The molecule has 1 aromatic rings. The van der Waals surface area contributed by atoms with E-state index in [1.807, 2.05) is 13.8 Å². The molecule has 1 amide bonds. The Labute approximate surface area is 125 Å². The Kier molecular flexibility index (Phi) is 5.12. The molecule has 21 heavy (non-hydrogen) atoms. The van der Waals surface area contributed by atoms with Crippen LogP contribution in [0.1, 0.15) is 50.5 Å². The van der Waals surface area contributed by atoms with Gasteiger partial charge in [-0.1, -0.05) is 6.92 Å². The zero-order valence-corrected chi connectivity index (χ0v) is 13.0. The highest BCUT2D eigenvalue weighted by Gasteiger charge is 2.30. The van der Waals surface area contributed by atoms with Crippen LogP contribution >= 0.6 is 0 Å². The lowest BCUT2D eigenvalue weighted by atomic mass is 9.94. The molecule has 6 heteroatoms. The van der Waals surface area contributed by atoms with Crippen molar-refractivity contribution in [2.75, 3.05) is 18.5 Å². The number of carbonyl (C=O) groups excluding carboxylic acids is 1. The molecule has 116 valence electrons. The minimum absolute atomic E-state index is 0.121. The molecule has 1 aliphatic rings. The highest BCUT2D eigenvalue weighted by atomic mass is 16.5. The van der Waals surface area contributed by atoms with Gasteiger partial charge in [-0.2, -0.15) is 0 Å². The van der Waals surface area contributed by atoms with Gasteiger partial charge in [0.15, 0.2) is 0 Å². The van der Waals surface area contributed by atoms with Gasteiger partial charge >= 0.3 is 0 Å². The standard InChI is InChI=1S/C15H24N4O2/c1-4-6-17-13-10-16-9-12(19-13)14(20)18-11-5-7-21-15(2,3)8-11/h9-11H,4-8H2,1-3H3,(H,17,19)(H,18,20). The van der Waals surface area contributed by atoms with Crippen molar-refractivity contribution >= 4 is 11.7 Å². The summed E-state index contributed by atoms with van der Waals surface area (Å²) in [7, 11) is 0. The maximum Gasteiger partial charge on any atom is 0.271 e. The fourth-order valence-corrected chi connectivity index (χ4v) is 2.43.